The second kappa shape index (κ2) is 7.98. The molecule has 0 aromatic heterocycles. The number of carbonyl (C=O) groups excluding carboxylic acids is 1. The van der Waals surface area contributed by atoms with E-state index in [2.05, 4.69) is 0 Å². The summed E-state index contributed by atoms with van der Waals surface area (Å²) >= 11 is 2.05. The number of hydrogen-bond donors (Lipinski definition) is 0. The third-order valence-electron chi connectivity index (χ3n) is 3.09. The molecule has 2 rings (SSSR count). The van der Waals surface area contributed by atoms with Gasteiger partial charge in [0.15, 0.2) is 0 Å². The monoisotopic (exact) mass is 459 g/mol. The van der Waals surface area contributed by atoms with Crippen molar-refractivity contribution < 1.29 is 17.9 Å². The van der Waals surface area contributed by atoms with E-state index in [0.717, 1.165) is 7.88 Å². The number of hydrogen-bond acceptors (Lipinski definition) is 4. The SMILES string of the molecule is CC(C)OC(=O)CN(c1ccccc1I)S(=O)(=O)c1ccccc1. The molecule has 0 atom stereocenters. The van der Waals surface area contributed by atoms with E-state index >= 15 is 0 Å². The zero-order valence-corrected chi connectivity index (χ0v) is 16.3. The Hall–Kier alpha value is -1.61. The minimum atomic E-state index is -3.88. The van der Waals surface area contributed by atoms with Crippen LogP contribution in [0.3, 0.4) is 0 Å². The van der Waals surface area contributed by atoms with E-state index < -0.39 is 16.0 Å². The first-order valence-corrected chi connectivity index (χ1v) is 9.86. The van der Waals surface area contributed by atoms with Gasteiger partial charge >= 0.3 is 5.97 Å². The normalized spacial score (nSPS) is 11.3. The quantitative estimate of drug-likeness (QED) is 0.491. The highest BCUT2D eigenvalue weighted by atomic mass is 127. The second-order valence-corrected chi connectivity index (χ2v) is 8.34. The molecular weight excluding hydrogens is 441 g/mol. The van der Waals surface area contributed by atoms with Crippen LogP contribution in [0.25, 0.3) is 0 Å². The smallest absolute Gasteiger partial charge is 0.327 e. The van der Waals surface area contributed by atoms with Gasteiger partial charge in [-0.05, 0) is 60.7 Å². The predicted molar refractivity (Wildman–Crippen MR) is 101 cm³/mol. The number of rotatable bonds is 6. The molecule has 7 heteroatoms. The lowest BCUT2D eigenvalue weighted by atomic mass is 10.3. The molecule has 0 radical (unpaired) electrons. The molecule has 0 heterocycles. The summed E-state index contributed by atoms with van der Waals surface area (Å²) in [6.45, 7) is 3.07. The van der Waals surface area contributed by atoms with Gasteiger partial charge in [0.05, 0.1) is 16.7 Å². The van der Waals surface area contributed by atoms with Gasteiger partial charge in [0, 0.05) is 3.57 Å². The maximum atomic E-state index is 13.0. The molecule has 0 fully saturated rings. The summed E-state index contributed by atoms with van der Waals surface area (Å²) in [7, 11) is -3.88. The largest absolute Gasteiger partial charge is 0.462 e. The molecule has 0 saturated heterocycles. The first-order chi connectivity index (χ1) is 11.3. The molecule has 2 aromatic rings. The van der Waals surface area contributed by atoms with Gasteiger partial charge in [-0.2, -0.15) is 0 Å². The lowest BCUT2D eigenvalue weighted by molar-refractivity contribution is -0.145. The summed E-state index contributed by atoms with van der Waals surface area (Å²) in [5.41, 5.74) is 0.447. The number of nitrogens with zero attached hydrogens (tertiary/aromatic N) is 1. The second-order valence-electron chi connectivity index (χ2n) is 5.31. The van der Waals surface area contributed by atoms with Gasteiger partial charge in [0.25, 0.3) is 10.0 Å². The van der Waals surface area contributed by atoms with Crippen LogP contribution in [-0.4, -0.2) is 27.0 Å². The fourth-order valence-corrected chi connectivity index (χ4v) is 4.38. The number of carbonyl (C=O) groups is 1. The van der Waals surface area contributed by atoms with Gasteiger partial charge < -0.3 is 4.74 Å². The van der Waals surface area contributed by atoms with Gasteiger partial charge in [0.2, 0.25) is 0 Å². The van der Waals surface area contributed by atoms with E-state index in [9.17, 15) is 13.2 Å². The molecule has 0 aliphatic heterocycles. The van der Waals surface area contributed by atoms with Crippen LogP contribution < -0.4 is 4.31 Å². The van der Waals surface area contributed by atoms with E-state index in [4.69, 9.17) is 4.74 Å². The highest BCUT2D eigenvalue weighted by molar-refractivity contribution is 14.1. The van der Waals surface area contributed by atoms with E-state index in [-0.39, 0.29) is 17.5 Å². The molecule has 0 spiro atoms. The molecule has 24 heavy (non-hydrogen) atoms. The molecule has 0 bridgehead atoms. The number of benzene rings is 2. The van der Waals surface area contributed by atoms with Crippen LogP contribution in [0.4, 0.5) is 5.69 Å². The molecule has 2 aromatic carbocycles. The number of para-hydroxylation sites is 1. The maximum absolute atomic E-state index is 13.0. The van der Waals surface area contributed by atoms with Crippen molar-refractivity contribution in [1.82, 2.24) is 0 Å². The summed E-state index contributed by atoms with van der Waals surface area (Å²) in [6.07, 6.45) is -0.311. The Morgan fingerprint density at radius 2 is 1.67 bits per heavy atom. The molecule has 0 unspecified atom stereocenters. The van der Waals surface area contributed by atoms with Crippen molar-refractivity contribution in [2.45, 2.75) is 24.8 Å². The Kier molecular flexibility index (Phi) is 6.22. The summed E-state index contributed by atoms with van der Waals surface area (Å²) in [4.78, 5) is 12.2. The molecular formula is C17H18INO4S. The topological polar surface area (TPSA) is 63.7 Å². The van der Waals surface area contributed by atoms with Crippen molar-refractivity contribution in [3.63, 3.8) is 0 Å². The number of anilines is 1. The van der Waals surface area contributed by atoms with Crippen molar-refractivity contribution in [3.05, 3.63) is 58.2 Å². The van der Waals surface area contributed by atoms with Crippen molar-refractivity contribution >= 4 is 44.3 Å². The van der Waals surface area contributed by atoms with Crippen LogP contribution >= 0.6 is 22.6 Å². The Morgan fingerprint density at radius 3 is 2.25 bits per heavy atom. The maximum Gasteiger partial charge on any atom is 0.327 e. The molecule has 128 valence electrons. The van der Waals surface area contributed by atoms with Gasteiger partial charge in [-0.3, -0.25) is 9.10 Å². The molecule has 0 aliphatic carbocycles. The predicted octanol–water partition coefficient (Wildman–Crippen LogP) is 3.44. The Morgan fingerprint density at radius 1 is 1.08 bits per heavy atom. The van der Waals surface area contributed by atoms with E-state index in [1.807, 2.05) is 28.7 Å². The lowest BCUT2D eigenvalue weighted by Crippen LogP contribution is -2.37. The average molecular weight is 459 g/mol. The van der Waals surface area contributed by atoms with Crippen molar-refractivity contribution in [3.8, 4) is 0 Å². The lowest BCUT2D eigenvalue weighted by Gasteiger charge is -2.25. The molecule has 5 nitrogen and oxygen atoms in total. The van der Waals surface area contributed by atoms with E-state index in [1.165, 1.54) is 12.1 Å². The first kappa shape index (κ1) is 18.7. The summed E-state index contributed by atoms with van der Waals surface area (Å²) < 4.78 is 33.0. The third-order valence-corrected chi connectivity index (χ3v) is 5.78. The number of sulfonamides is 1. The standard InChI is InChI=1S/C17H18INO4S/c1-13(2)23-17(20)12-19(16-11-7-6-10-15(16)18)24(21,22)14-8-4-3-5-9-14/h3-11,13H,12H2,1-2H3. The minimum Gasteiger partial charge on any atom is -0.462 e. The van der Waals surface area contributed by atoms with Crippen LogP contribution in [-0.2, 0) is 19.6 Å². The number of ether oxygens (including phenoxy) is 1. The van der Waals surface area contributed by atoms with Crippen LogP contribution in [0.15, 0.2) is 59.5 Å². The summed E-state index contributed by atoms with van der Waals surface area (Å²) in [6, 6.07) is 15.0. The van der Waals surface area contributed by atoms with E-state index in [0.29, 0.717) is 5.69 Å². The fourth-order valence-electron chi connectivity index (χ4n) is 2.09. The average Bonchev–Trinajstić information content (AvgIpc) is 2.53. The number of halogens is 1. The Bertz CT molecular complexity index is 806. The van der Waals surface area contributed by atoms with Gasteiger partial charge in [-0.1, -0.05) is 30.3 Å². The van der Waals surface area contributed by atoms with Gasteiger partial charge in [-0.25, -0.2) is 8.42 Å². The van der Waals surface area contributed by atoms with Crippen LogP contribution in [0.2, 0.25) is 0 Å². The highest BCUT2D eigenvalue weighted by Gasteiger charge is 2.29. The fraction of sp³-hybridized carbons (Fsp3) is 0.235. The molecule has 0 amide bonds. The summed E-state index contributed by atoms with van der Waals surface area (Å²) in [5.74, 6) is -0.593. The van der Waals surface area contributed by atoms with Gasteiger partial charge in [0.1, 0.15) is 6.54 Å². The first-order valence-electron chi connectivity index (χ1n) is 7.34. The Balaban J connectivity index is 2.47. The highest BCUT2D eigenvalue weighted by Crippen LogP contribution is 2.28. The zero-order chi connectivity index (χ0) is 17.7. The molecule has 0 N–H and O–H groups in total. The number of esters is 1. The van der Waals surface area contributed by atoms with Crippen LogP contribution in [0.1, 0.15) is 13.8 Å². The Labute approximate surface area is 155 Å². The van der Waals surface area contributed by atoms with Crippen LogP contribution in [0, 0.1) is 3.57 Å². The van der Waals surface area contributed by atoms with Gasteiger partial charge in [-0.15, -0.1) is 0 Å². The summed E-state index contributed by atoms with van der Waals surface area (Å²) in [5, 5.41) is 0. The molecule has 0 aliphatic rings. The third kappa shape index (κ3) is 4.47. The van der Waals surface area contributed by atoms with Crippen LogP contribution in [0.5, 0.6) is 0 Å². The minimum absolute atomic E-state index is 0.127. The van der Waals surface area contributed by atoms with Crippen molar-refractivity contribution in [2.75, 3.05) is 10.8 Å². The molecule has 0 saturated carbocycles. The van der Waals surface area contributed by atoms with Crippen molar-refractivity contribution in [2.24, 2.45) is 0 Å². The van der Waals surface area contributed by atoms with E-state index in [1.54, 1.807) is 50.2 Å². The van der Waals surface area contributed by atoms with Crippen molar-refractivity contribution in [1.29, 1.82) is 0 Å². The zero-order valence-electron chi connectivity index (χ0n) is 13.3.